The summed E-state index contributed by atoms with van der Waals surface area (Å²) < 4.78 is 6.37. The van der Waals surface area contributed by atoms with Crippen molar-refractivity contribution in [2.75, 3.05) is 13.6 Å². The summed E-state index contributed by atoms with van der Waals surface area (Å²) in [4.78, 5) is 23.9. The van der Waals surface area contributed by atoms with E-state index >= 15 is 0 Å². The summed E-state index contributed by atoms with van der Waals surface area (Å²) in [5.74, 6) is -1.00. The van der Waals surface area contributed by atoms with Gasteiger partial charge in [-0.3, -0.25) is 9.59 Å². The second-order valence-electron chi connectivity index (χ2n) is 4.36. The van der Waals surface area contributed by atoms with Gasteiger partial charge in [-0.1, -0.05) is 15.9 Å². The van der Waals surface area contributed by atoms with Gasteiger partial charge in [0.15, 0.2) is 0 Å². The molecule has 0 bridgehead atoms. The number of likely N-dealkylation sites (N-methyl/N-ethyl adjacent to an activating group) is 1. The molecule has 0 saturated carbocycles. The molecule has 0 aliphatic carbocycles. The summed E-state index contributed by atoms with van der Waals surface area (Å²) in [6.45, 7) is 3.36. The van der Waals surface area contributed by atoms with Gasteiger partial charge in [0, 0.05) is 11.5 Å². The van der Waals surface area contributed by atoms with Crippen molar-refractivity contribution in [1.29, 1.82) is 0 Å². The van der Waals surface area contributed by atoms with Crippen LogP contribution in [0.1, 0.15) is 24.2 Å². The Labute approximate surface area is 120 Å². The Kier molecular flexibility index (Phi) is 5.35. The van der Waals surface area contributed by atoms with Crippen LogP contribution < -0.4 is 4.74 Å². The van der Waals surface area contributed by atoms with Crippen molar-refractivity contribution in [2.24, 2.45) is 0 Å². The number of aliphatic carboxylic acids is 1. The first-order valence-electron chi connectivity index (χ1n) is 5.74. The second kappa shape index (κ2) is 6.56. The third kappa shape index (κ3) is 4.55. The highest BCUT2D eigenvalue weighted by atomic mass is 79.9. The average Bonchev–Trinajstić information content (AvgIpc) is 2.26. The Balaban J connectivity index is 3.04. The van der Waals surface area contributed by atoms with Gasteiger partial charge in [-0.2, -0.15) is 0 Å². The molecule has 0 fully saturated rings. The Morgan fingerprint density at radius 2 is 2.05 bits per heavy atom. The first-order valence-corrected chi connectivity index (χ1v) is 6.54. The number of rotatable bonds is 5. The topological polar surface area (TPSA) is 66.8 Å². The van der Waals surface area contributed by atoms with Crippen molar-refractivity contribution < 1.29 is 19.4 Å². The number of hydrogen-bond acceptors (Lipinski definition) is 3. The zero-order chi connectivity index (χ0) is 14.6. The highest BCUT2D eigenvalue weighted by molar-refractivity contribution is 9.10. The number of halogens is 1. The van der Waals surface area contributed by atoms with E-state index in [0.717, 1.165) is 9.37 Å². The maximum atomic E-state index is 12.2. The largest absolute Gasteiger partial charge is 0.490 e. The first kappa shape index (κ1) is 15.5. The number of nitrogens with zero attached hydrogens (tertiary/aromatic N) is 1. The number of carboxylic acid groups (broad SMARTS) is 1. The average molecular weight is 330 g/mol. The molecule has 0 radical (unpaired) electrons. The number of carboxylic acids is 1. The van der Waals surface area contributed by atoms with Gasteiger partial charge in [0.1, 0.15) is 12.3 Å². The van der Waals surface area contributed by atoms with Crippen molar-refractivity contribution in [1.82, 2.24) is 4.90 Å². The number of carbonyl (C=O) groups excluding carboxylic acids is 1. The van der Waals surface area contributed by atoms with E-state index in [1.165, 1.54) is 7.05 Å². The number of carbonyl (C=O) groups is 2. The van der Waals surface area contributed by atoms with Gasteiger partial charge in [0.05, 0.1) is 11.7 Å². The summed E-state index contributed by atoms with van der Waals surface area (Å²) in [5.41, 5.74) is 0.348. The smallest absolute Gasteiger partial charge is 0.323 e. The lowest BCUT2D eigenvalue weighted by Gasteiger charge is -2.18. The summed E-state index contributed by atoms with van der Waals surface area (Å²) in [6, 6.07) is 5.03. The van der Waals surface area contributed by atoms with Crippen molar-refractivity contribution in [2.45, 2.75) is 20.0 Å². The van der Waals surface area contributed by atoms with Gasteiger partial charge < -0.3 is 14.7 Å². The molecule has 0 saturated heterocycles. The van der Waals surface area contributed by atoms with Crippen molar-refractivity contribution in [3.8, 4) is 5.75 Å². The van der Waals surface area contributed by atoms with Gasteiger partial charge in [-0.05, 0) is 32.0 Å². The van der Waals surface area contributed by atoms with Crippen LogP contribution in [0.5, 0.6) is 5.75 Å². The molecule has 5 nitrogen and oxygen atoms in total. The van der Waals surface area contributed by atoms with E-state index in [4.69, 9.17) is 9.84 Å². The minimum absolute atomic E-state index is 0.0781. The van der Waals surface area contributed by atoms with Crippen molar-refractivity contribution >= 4 is 27.8 Å². The molecule has 0 aliphatic rings. The van der Waals surface area contributed by atoms with Gasteiger partial charge in [0.25, 0.3) is 5.91 Å². The lowest BCUT2D eigenvalue weighted by molar-refractivity contribution is -0.137. The zero-order valence-corrected chi connectivity index (χ0v) is 12.6. The Hall–Kier alpha value is -1.56. The van der Waals surface area contributed by atoms with Crippen LogP contribution >= 0.6 is 15.9 Å². The monoisotopic (exact) mass is 329 g/mol. The molecule has 0 aromatic heterocycles. The van der Waals surface area contributed by atoms with Crippen LogP contribution in [0, 0.1) is 0 Å². The number of hydrogen-bond donors (Lipinski definition) is 1. The minimum atomic E-state index is -1.06. The first-order chi connectivity index (χ1) is 8.81. The maximum absolute atomic E-state index is 12.2. The van der Waals surface area contributed by atoms with Gasteiger partial charge >= 0.3 is 5.97 Å². The molecule has 1 aromatic carbocycles. The molecule has 1 N–H and O–H groups in total. The highest BCUT2D eigenvalue weighted by Crippen LogP contribution is 2.25. The third-order valence-electron chi connectivity index (χ3n) is 2.26. The van der Waals surface area contributed by atoms with Gasteiger partial charge in [-0.15, -0.1) is 0 Å². The molecule has 0 spiro atoms. The third-order valence-corrected chi connectivity index (χ3v) is 2.75. The number of ether oxygens (including phenoxy) is 1. The van der Waals surface area contributed by atoms with Crippen LogP contribution in [-0.4, -0.2) is 41.6 Å². The van der Waals surface area contributed by atoms with Crippen LogP contribution in [0.15, 0.2) is 22.7 Å². The quantitative estimate of drug-likeness (QED) is 0.900. The predicted octanol–water partition coefficient (Wildman–Crippen LogP) is 2.39. The zero-order valence-electron chi connectivity index (χ0n) is 11.0. The molecule has 104 valence electrons. The number of amides is 1. The van der Waals surface area contributed by atoms with Crippen LogP contribution in [0.2, 0.25) is 0 Å². The molecular weight excluding hydrogens is 314 g/mol. The van der Waals surface area contributed by atoms with Crippen LogP contribution in [-0.2, 0) is 4.79 Å². The lowest BCUT2D eigenvalue weighted by Crippen LogP contribution is -2.32. The van der Waals surface area contributed by atoms with E-state index in [0.29, 0.717) is 11.3 Å². The Morgan fingerprint density at radius 3 is 2.58 bits per heavy atom. The lowest BCUT2D eigenvalue weighted by atomic mass is 10.1. The fourth-order valence-electron chi connectivity index (χ4n) is 1.50. The predicted molar refractivity (Wildman–Crippen MR) is 74.5 cm³/mol. The maximum Gasteiger partial charge on any atom is 0.323 e. The molecule has 6 heteroatoms. The standard InChI is InChI=1S/C13H16BrNO4/c1-8(2)19-11-6-9(14)4-5-10(11)13(18)15(3)7-12(16)17/h4-6,8H,7H2,1-3H3,(H,16,17). The summed E-state index contributed by atoms with van der Waals surface area (Å²) in [6.07, 6.45) is -0.0781. The molecule has 0 aliphatic heterocycles. The van der Waals surface area contributed by atoms with Gasteiger partial charge in [0.2, 0.25) is 0 Å². The number of benzene rings is 1. The Morgan fingerprint density at radius 1 is 1.42 bits per heavy atom. The normalized spacial score (nSPS) is 10.4. The van der Waals surface area contributed by atoms with E-state index < -0.39 is 5.97 Å². The molecule has 0 atom stereocenters. The highest BCUT2D eigenvalue weighted by Gasteiger charge is 2.19. The van der Waals surface area contributed by atoms with E-state index in [9.17, 15) is 9.59 Å². The fourth-order valence-corrected chi connectivity index (χ4v) is 1.84. The minimum Gasteiger partial charge on any atom is -0.490 e. The molecule has 1 amide bonds. The molecule has 0 unspecified atom stereocenters. The van der Waals surface area contributed by atoms with Crippen LogP contribution in [0.3, 0.4) is 0 Å². The molecule has 1 aromatic rings. The van der Waals surface area contributed by atoms with Crippen LogP contribution in [0.25, 0.3) is 0 Å². The van der Waals surface area contributed by atoms with Gasteiger partial charge in [-0.25, -0.2) is 0 Å². The Bertz CT molecular complexity index is 488. The van der Waals surface area contributed by atoms with E-state index in [1.54, 1.807) is 18.2 Å². The molecule has 1 rings (SSSR count). The van der Waals surface area contributed by atoms with E-state index in [1.807, 2.05) is 13.8 Å². The van der Waals surface area contributed by atoms with Crippen molar-refractivity contribution in [3.63, 3.8) is 0 Å². The van der Waals surface area contributed by atoms with Crippen LogP contribution in [0.4, 0.5) is 0 Å². The summed E-state index contributed by atoms with van der Waals surface area (Å²) in [5, 5.41) is 8.71. The van der Waals surface area contributed by atoms with Crippen molar-refractivity contribution in [3.05, 3.63) is 28.2 Å². The fraction of sp³-hybridized carbons (Fsp3) is 0.385. The molecule has 0 heterocycles. The van der Waals surface area contributed by atoms with E-state index in [2.05, 4.69) is 15.9 Å². The molecular formula is C13H16BrNO4. The van der Waals surface area contributed by atoms with E-state index in [-0.39, 0.29) is 18.6 Å². The SMILES string of the molecule is CC(C)Oc1cc(Br)ccc1C(=O)N(C)CC(=O)O. The second-order valence-corrected chi connectivity index (χ2v) is 5.28. The summed E-state index contributed by atoms with van der Waals surface area (Å²) in [7, 11) is 1.44. The summed E-state index contributed by atoms with van der Waals surface area (Å²) >= 11 is 3.31. The molecule has 19 heavy (non-hydrogen) atoms.